The monoisotopic (exact) mass is 315 g/mol. The lowest BCUT2D eigenvalue weighted by Crippen LogP contribution is -2.36. The van der Waals surface area contributed by atoms with Gasteiger partial charge in [0.05, 0.1) is 0 Å². The lowest BCUT2D eigenvalue weighted by atomic mass is 9.97. The number of rotatable bonds is 4. The number of piperidine rings is 2. The Hall–Kier alpha value is -1.39. The van der Waals surface area contributed by atoms with E-state index in [1.807, 2.05) is 12.1 Å². The maximum absolute atomic E-state index is 12.3. The molecule has 1 unspecified atom stereocenters. The Morgan fingerprint density at radius 2 is 1.91 bits per heavy atom. The highest BCUT2D eigenvalue weighted by Crippen LogP contribution is 2.20. The Morgan fingerprint density at radius 1 is 1.17 bits per heavy atom. The van der Waals surface area contributed by atoms with Crippen LogP contribution in [-0.4, -0.2) is 36.5 Å². The summed E-state index contributed by atoms with van der Waals surface area (Å²) >= 11 is 0. The average Bonchev–Trinajstić information content (AvgIpc) is 2.59. The number of benzene rings is 1. The van der Waals surface area contributed by atoms with Crippen LogP contribution in [0.4, 0.5) is 5.69 Å². The highest BCUT2D eigenvalue weighted by Gasteiger charge is 2.21. The van der Waals surface area contributed by atoms with Crippen LogP contribution < -0.4 is 10.6 Å². The molecule has 126 valence electrons. The Bertz CT molecular complexity index is 508. The predicted octanol–water partition coefficient (Wildman–Crippen LogP) is 3.00. The molecule has 4 nitrogen and oxygen atoms in total. The van der Waals surface area contributed by atoms with E-state index in [-0.39, 0.29) is 11.8 Å². The van der Waals surface area contributed by atoms with Gasteiger partial charge in [-0.15, -0.1) is 0 Å². The first-order chi connectivity index (χ1) is 11.2. The summed E-state index contributed by atoms with van der Waals surface area (Å²) in [6.45, 7) is 6.45. The number of carbonyl (C=O) groups is 1. The number of nitrogens with zero attached hydrogens (tertiary/aromatic N) is 1. The molecule has 0 aromatic heterocycles. The molecular weight excluding hydrogens is 286 g/mol. The van der Waals surface area contributed by atoms with Crippen molar-refractivity contribution in [2.45, 2.75) is 51.6 Å². The van der Waals surface area contributed by atoms with E-state index >= 15 is 0 Å². The number of anilines is 1. The molecule has 1 atom stereocenters. The van der Waals surface area contributed by atoms with Gasteiger partial charge in [-0.1, -0.05) is 18.6 Å². The zero-order valence-corrected chi connectivity index (χ0v) is 14.2. The zero-order valence-electron chi connectivity index (χ0n) is 14.2. The summed E-state index contributed by atoms with van der Waals surface area (Å²) in [5, 5.41) is 6.37. The second kappa shape index (κ2) is 7.93. The summed E-state index contributed by atoms with van der Waals surface area (Å²) in [6.07, 6.45) is 5.87. The molecule has 1 aromatic carbocycles. The molecule has 0 spiro atoms. The third-order valence-electron chi connectivity index (χ3n) is 5.26. The van der Waals surface area contributed by atoms with E-state index in [4.69, 9.17) is 0 Å². The molecule has 0 aliphatic carbocycles. The second-order valence-corrected chi connectivity index (χ2v) is 7.03. The Kier molecular flexibility index (Phi) is 5.68. The molecule has 0 saturated carbocycles. The summed E-state index contributed by atoms with van der Waals surface area (Å²) < 4.78 is 0. The third kappa shape index (κ3) is 4.55. The maximum Gasteiger partial charge on any atom is 0.227 e. The van der Waals surface area contributed by atoms with Gasteiger partial charge in [-0.05, 0) is 69.9 Å². The molecule has 2 fully saturated rings. The molecule has 2 saturated heterocycles. The first-order valence-electron chi connectivity index (χ1n) is 9.07. The molecule has 2 aliphatic rings. The Balaban J connectivity index is 1.53. The molecule has 0 bridgehead atoms. The van der Waals surface area contributed by atoms with Gasteiger partial charge in [0.2, 0.25) is 5.91 Å². The molecule has 2 aliphatic heterocycles. The van der Waals surface area contributed by atoms with Crippen molar-refractivity contribution < 1.29 is 4.79 Å². The highest BCUT2D eigenvalue weighted by atomic mass is 16.1. The number of hydrogen-bond donors (Lipinski definition) is 2. The summed E-state index contributed by atoms with van der Waals surface area (Å²) in [6, 6.07) is 9.08. The fourth-order valence-corrected chi connectivity index (χ4v) is 3.65. The van der Waals surface area contributed by atoms with Gasteiger partial charge in [-0.2, -0.15) is 0 Å². The van der Waals surface area contributed by atoms with Crippen molar-refractivity contribution in [3.8, 4) is 0 Å². The molecular formula is C19H29N3O. The standard InChI is InChI=1S/C19H29N3O/c1-15-4-2-3-13-22(15)14-16-5-7-18(8-6-16)21-19(23)17-9-11-20-12-10-17/h5-8,15,17,20H,2-4,9-14H2,1H3,(H,21,23). The molecule has 4 heteroatoms. The van der Waals surface area contributed by atoms with Gasteiger partial charge in [-0.3, -0.25) is 9.69 Å². The van der Waals surface area contributed by atoms with Crippen LogP contribution in [0.1, 0.15) is 44.6 Å². The highest BCUT2D eigenvalue weighted by molar-refractivity contribution is 5.92. The lowest BCUT2D eigenvalue weighted by Gasteiger charge is -2.33. The second-order valence-electron chi connectivity index (χ2n) is 7.03. The first kappa shape index (κ1) is 16.5. The van der Waals surface area contributed by atoms with Crippen LogP contribution in [0.2, 0.25) is 0 Å². The number of nitrogens with one attached hydrogen (secondary N) is 2. The minimum Gasteiger partial charge on any atom is -0.326 e. The van der Waals surface area contributed by atoms with Gasteiger partial charge >= 0.3 is 0 Å². The van der Waals surface area contributed by atoms with Crippen LogP contribution >= 0.6 is 0 Å². The minimum atomic E-state index is 0.158. The third-order valence-corrected chi connectivity index (χ3v) is 5.26. The van der Waals surface area contributed by atoms with Crippen molar-refractivity contribution in [3.63, 3.8) is 0 Å². The van der Waals surface area contributed by atoms with Crippen molar-refractivity contribution >= 4 is 11.6 Å². The van der Waals surface area contributed by atoms with E-state index in [0.29, 0.717) is 6.04 Å². The number of amides is 1. The quantitative estimate of drug-likeness (QED) is 0.898. The zero-order chi connectivity index (χ0) is 16.1. The minimum absolute atomic E-state index is 0.158. The van der Waals surface area contributed by atoms with Gasteiger partial charge in [0.25, 0.3) is 0 Å². The van der Waals surface area contributed by atoms with Crippen LogP contribution in [0.5, 0.6) is 0 Å². The van der Waals surface area contributed by atoms with Crippen LogP contribution in [0.15, 0.2) is 24.3 Å². The molecule has 2 heterocycles. The van der Waals surface area contributed by atoms with Crippen molar-refractivity contribution in [2.75, 3.05) is 25.0 Å². The van der Waals surface area contributed by atoms with Crippen molar-refractivity contribution in [1.82, 2.24) is 10.2 Å². The van der Waals surface area contributed by atoms with Crippen LogP contribution in [0.3, 0.4) is 0 Å². The fourth-order valence-electron chi connectivity index (χ4n) is 3.65. The molecule has 23 heavy (non-hydrogen) atoms. The van der Waals surface area contributed by atoms with Gasteiger partial charge in [0.15, 0.2) is 0 Å². The van der Waals surface area contributed by atoms with E-state index in [1.165, 1.54) is 31.4 Å². The van der Waals surface area contributed by atoms with E-state index < -0.39 is 0 Å². The van der Waals surface area contributed by atoms with Crippen LogP contribution in [0.25, 0.3) is 0 Å². The Morgan fingerprint density at radius 3 is 2.61 bits per heavy atom. The molecule has 2 N–H and O–H groups in total. The van der Waals surface area contributed by atoms with Gasteiger partial charge < -0.3 is 10.6 Å². The number of carbonyl (C=O) groups excluding carboxylic acids is 1. The summed E-state index contributed by atoms with van der Waals surface area (Å²) in [5.74, 6) is 0.328. The van der Waals surface area contributed by atoms with E-state index in [1.54, 1.807) is 0 Å². The van der Waals surface area contributed by atoms with Crippen molar-refractivity contribution in [3.05, 3.63) is 29.8 Å². The Labute approximate surface area is 139 Å². The van der Waals surface area contributed by atoms with Gasteiger partial charge in [-0.25, -0.2) is 0 Å². The summed E-state index contributed by atoms with van der Waals surface area (Å²) in [4.78, 5) is 14.8. The maximum atomic E-state index is 12.3. The fraction of sp³-hybridized carbons (Fsp3) is 0.632. The molecule has 1 amide bonds. The number of hydrogen-bond acceptors (Lipinski definition) is 3. The topological polar surface area (TPSA) is 44.4 Å². The van der Waals surface area contributed by atoms with Crippen molar-refractivity contribution in [2.24, 2.45) is 5.92 Å². The smallest absolute Gasteiger partial charge is 0.227 e. The largest absolute Gasteiger partial charge is 0.326 e. The molecule has 1 aromatic rings. The first-order valence-corrected chi connectivity index (χ1v) is 9.07. The summed E-state index contributed by atoms with van der Waals surface area (Å²) in [5.41, 5.74) is 2.25. The van der Waals surface area contributed by atoms with E-state index in [0.717, 1.165) is 38.2 Å². The molecule has 3 rings (SSSR count). The van der Waals surface area contributed by atoms with E-state index in [9.17, 15) is 4.79 Å². The SMILES string of the molecule is CC1CCCCN1Cc1ccc(NC(=O)C2CCNCC2)cc1. The van der Waals surface area contributed by atoms with Gasteiger partial charge in [0, 0.05) is 24.2 Å². The average molecular weight is 315 g/mol. The number of likely N-dealkylation sites (tertiary alicyclic amines) is 1. The predicted molar refractivity (Wildman–Crippen MR) is 94.4 cm³/mol. The van der Waals surface area contributed by atoms with E-state index in [2.05, 4.69) is 34.6 Å². The van der Waals surface area contributed by atoms with Gasteiger partial charge in [0.1, 0.15) is 0 Å². The normalized spacial score (nSPS) is 23.6. The van der Waals surface area contributed by atoms with Crippen LogP contribution in [0, 0.1) is 5.92 Å². The lowest BCUT2D eigenvalue weighted by molar-refractivity contribution is -0.120. The van der Waals surface area contributed by atoms with Crippen molar-refractivity contribution in [1.29, 1.82) is 0 Å². The summed E-state index contributed by atoms with van der Waals surface area (Å²) in [7, 11) is 0. The van der Waals surface area contributed by atoms with Crippen LogP contribution in [-0.2, 0) is 11.3 Å². The molecule has 0 radical (unpaired) electrons.